The lowest BCUT2D eigenvalue weighted by Gasteiger charge is -2.12. The number of aryl methyl sites for hydroxylation is 4. The van der Waals surface area contributed by atoms with Crippen molar-refractivity contribution < 1.29 is 26.3 Å². The van der Waals surface area contributed by atoms with Crippen LogP contribution in [0.25, 0.3) is 44.5 Å². The minimum atomic E-state index is -4.32. The van der Waals surface area contributed by atoms with E-state index in [-0.39, 0.29) is 11.1 Å². The minimum absolute atomic E-state index is 0.222. The maximum atomic E-state index is 12.8. The Morgan fingerprint density at radius 2 is 0.583 bits per heavy atom. The fraction of sp³-hybridized carbons (Fsp3) is 0.115. The lowest BCUT2D eigenvalue weighted by molar-refractivity contribution is -0.137. The molecule has 8 rings (SSSR count). The van der Waals surface area contributed by atoms with Gasteiger partial charge < -0.3 is 0 Å². The van der Waals surface area contributed by atoms with Gasteiger partial charge in [-0.1, -0.05) is 168 Å². The van der Waals surface area contributed by atoms with Crippen LogP contribution in [0.5, 0.6) is 0 Å². The van der Waals surface area contributed by atoms with E-state index in [0.29, 0.717) is 11.1 Å². The van der Waals surface area contributed by atoms with Crippen molar-refractivity contribution >= 4 is 0 Å². The van der Waals surface area contributed by atoms with Gasteiger partial charge in [0.2, 0.25) is 0 Å². The Morgan fingerprint density at radius 1 is 0.300 bits per heavy atom. The van der Waals surface area contributed by atoms with Crippen molar-refractivity contribution in [3.05, 3.63) is 228 Å². The van der Waals surface area contributed by atoms with Crippen LogP contribution in [0.4, 0.5) is 26.3 Å². The molecule has 0 unspecified atom stereocenters. The Balaban J connectivity index is 0.000000153. The summed E-state index contributed by atoms with van der Waals surface area (Å²) in [7, 11) is 0. The maximum absolute atomic E-state index is 12.8. The highest BCUT2D eigenvalue weighted by Crippen LogP contribution is 2.38. The summed E-state index contributed by atoms with van der Waals surface area (Å²) in [6.07, 6.45) is -1.30. The van der Waals surface area contributed by atoms with Crippen LogP contribution in [0.15, 0.2) is 195 Å². The molecule has 0 aliphatic heterocycles. The molecule has 0 aliphatic carbocycles. The van der Waals surface area contributed by atoms with Crippen molar-refractivity contribution in [3.8, 4) is 44.5 Å². The van der Waals surface area contributed by atoms with E-state index in [1.807, 2.05) is 62.6 Å². The zero-order chi connectivity index (χ0) is 43.1. The molecular weight excluding hydrogens is 767 g/mol. The van der Waals surface area contributed by atoms with E-state index in [1.165, 1.54) is 57.6 Å². The Hall–Kier alpha value is -6.80. The Bertz CT molecular complexity index is 2320. The summed E-state index contributed by atoms with van der Waals surface area (Å²) in [5.41, 5.74) is 9.83. The third kappa shape index (κ3) is 13.1. The third-order valence-electron chi connectivity index (χ3n) is 9.28. The van der Waals surface area contributed by atoms with E-state index in [4.69, 9.17) is 0 Å². The van der Waals surface area contributed by atoms with Gasteiger partial charge in [-0.25, -0.2) is 0 Å². The standard InChI is InChI=1S/2C14H11F3.2C12H11N/c2*1-10-6-8-11(9-7-10)12-4-2-3-5-13(12)14(15,16)17;2*1-10-4-6-11(7-5-10)12-3-2-8-13-9-12/h2*2-9H,1H3;2*2-9H,1H3. The van der Waals surface area contributed by atoms with E-state index >= 15 is 0 Å². The van der Waals surface area contributed by atoms with E-state index in [2.05, 4.69) is 84.5 Å². The topological polar surface area (TPSA) is 25.8 Å². The van der Waals surface area contributed by atoms with Gasteiger partial charge in [0, 0.05) is 24.8 Å². The summed E-state index contributed by atoms with van der Waals surface area (Å²) < 4.78 is 76.9. The molecule has 2 aromatic heterocycles. The molecule has 0 spiro atoms. The van der Waals surface area contributed by atoms with E-state index in [9.17, 15) is 26.3 Å². The van der Waals surface area contributed by atoms with Gasteiger partial charge in [0.25, 0.3) is 0 Å². The summed E-state index contributed by atoms with van der Waals surface area (Å²) in [6.45, 7) is 7.99. The molecule has 0 amide bonds. The quantitative estimate of drug-likeness (QED) is 0.166. The van der Waals surface area contributed by atoms with E-state index < -0.39 is 23.5 Å². The molecule has 0 saturated heterocycles. The summed E-state index contributed by atoms with van der Waals surface area (Å²) >= 11 is 0. The Kier molecular flexibility index (Phi) is 15.3. The number of benzene rings is 6. The van der Waals surface area contributed by atoms with Gasteiger partial charge in [-0.2, -0.15) is 26.3 Å². The largest absolute Gasteiger partial charge is 0.417 e. The van der Waals surface area contributed by atoms with Crippen LogP contribution in [0.1, 0.15) is 33.4 Å². The zero-order valence-corrected chi connectivity index (χ0v) is 33.6. The van der Waals surface area contributed by atoms with Crippen molar-refractivity contribution in [2.24, 2.45) is 0 Å². The molecule has 8 aromatic rings. The monoisotopic (exact) mass is 810 g/mol. The molecule has 0 atom stereocenters. The maximum Gasteiger partial charge on any atom is 0.417 e. The second-order valence-corrected chi connectivity index (χ2v) is 14.0. The normalized spacial score (nSPS) is 10.8. The fourth-order valence-electron chi connectivity index (χ4n) is 5.99. The van der Waals surface area contributed by atoms with E-state index in [1.54, 1.807) is 48.8 Å². The number of alkyl halides is 6. The summed E-state index contributed by atoms with van der Waals surface area (Å²) in [5.74, 6) is 0. The number of hydrogen-bond donors (Lipinski definition) is 0. The van der Waals surface area contributed by atoms with Gasteiger partial charge in [0.05, 0.1) is 11.1 Å². The lowest BCUT2D eigenvalue weighted by Crippen LogP contribution is -2.06. The number of nitrogens with zero attached hydrogens (tertiary/aromatic N) is 2. The molecule has 2 nitrogen and oxygen atoms in total. The first-order valence-corrected chi connectivity index (χ1v) is 19.1. The molecule has 304 valence electrons. The second-order valence-electron chi connectivity index (χ2n) is 14.0. The number of rotatable bonds is 4. The van der Waals surface area contributed by atoms with Gasteiger partial charge in [-0.3, -0.25) is 9.97 Å². The summed E-state index contributed by atoms with van der Waals surface area (Å²) in [6, 6.07) is 50.3. The van der Waals surface area contributed by atoms with Crippen LogP contribution in [0, 0.1) is 27.7 Å². The molecule has 0 aliphatic rings. The number of pyridine rings is 2. The molecule has 0 fully saturated rings. The van der Waals surface area contributed by atoms with Gasteiger partial charge in [-0.15, -0.1) is 0 Å². The average Bonchev–Trinajstić information content (AvgIpc) is 3.25. The molecule has 8 heteroatoms. The molecule has 0 radical (unpaired) electrons. The second kappa shape index (κ2) is 20.8. The highest BCUT2D eigenvalue weighted by atomic mass is 19.4. The smallest absolute Gasteiger partial charge is 0.264 e. The first-order chi connectivity index (χ1) is 28.7. The molecule has 0 N–H and O–H groups in total. The number of halogens is 6. The van der Waals surface area contributed by atoms with Crippen molar-refractivity contribution in [1.29, 1.82) is 0 Å². The molecular formula is C52H44F6N2. The van der Waals surface area contributed by atoms with Crippen molar-refractivity contribution in [2.75, 3.05) is 0 Å². The first kappa shape index (κ1) is 44.3. The van der Waals surface area contributed by atoms with Gasteiger partial charge >= 0.3 is 12.4 Å². The molecule has 0 saturated carbocycles. The van der Waals surface area contributed by atoms with Crippen molar-refractivity contribution in [1.82, 2.24) is 9.97 Å². The molecule has 60 heavy (non-hydrogen) atoms. The Morgan fingerprint density at radius 3 is 0.850 bits per heavy atom. The zero-order valence-electron chi connectivity index (χ0n) is 33.6. The SMILES string of the molecule is Cc1ccc(-c2ccccc2C(F)(F)F)cc1.Cc1ccc(-c2ccccc2C(F)(F)F)cc1.Cc1ccc(-c2cccnc2)cc1.Cc1ccc(-c2cccnc2)cc1. The lowest BCUT2D eigenvalue weighted by atomic mass is 9.98. The van der Waals surface area contributed by atoms with Crippen LogP contribution in [-0.4, -0.2) is 9.97 Å². The van der Waals surface area contributed by atoms with Crippen LogP contribution >= 0.6 is 0 Å². The van der Waals surface area contributed by atoms with Crippen molar-refractivity contribution in [2.45, 2.75) is 40.0 Å². The number of hydrogen-bond acceptors (Lipinski definition) is 2. The predicted molar refractivity (Wildman–Crippen MR) is 232 cm³/mol. The highest BCUT2D eigenvalue weighted by molar-refractivity contribution is 5.69. The minimum Gasteiger partial charge on any atom is -0.264 e. The highest BCUT2D eigenvalue weighted by Gasteiger charge is 2.34. The summed E-state index contributed by atoms with van der Waals surface area (Å²) in [5, 5.41) is 0. The van der Waals surface area contributed by atoms with Gasteiger partial charge in [-0.05, 0) is 96.5 Å². The third-order valence-corrected chi connectivity index (χ3v) is 9.28. The first-order valence-electron chi connectivity index (χ1n) is 19.1. The van der Waals surface area contributed by atoms with Gasteiger partial charge in [0.15, 0.2) is 0 Å². The van der Waals surface area contributed by atoms with Crippen LogP contribution in [0.2, 0.25) is 0 Å². The number of aromatic nitrogens is 2. The Labute approximate surface area is 347 Å². The van der Waals surface area contributed by atoms with Gasteiger partial charge in [0.1, 0.15) is 0 Å². The average molecular weight is 811 g/mol. The van der Waals surface area contributed by atoms with Crippen LogP contribution < -0.4 is 0 Å². The predicted octanol–water partition coefficient (Wildman–Crippen LogP) is 15.5. The van der Waals surface area contributed by atoms with Crippen LogP contribution in [0.3, 0.4) is 0 Å². The van der Waals surface area contributed by atoms with Crippen molar-refractivity contribution in [3.63, 3.8) is 0 Å². The summed E-state index contributed by atoms with van der Waals surface area (Å²) in [4.78, 5) is 8.17. The fourth-order valence-corrected chi connectivity index (χ4v) is 5.99. The molecule has 2 heterocycles. The van der Waals surface area contributed by atoms with Crippen LogP contribution in [-0.2, 0) is 12.4 Å². The molecule has 6 aromatic carbocycles. The molecule has 0 bridgehead atoms. The van der Waals surface area contributed by atoms with E-state index in [0.717, 1.165) is 23.3 Å².